The molecule has 0 atom stereocenters. The first-order chi connectivity index (χ1) is 15.6. The second-order valence-corrected chi connectivity index (χ2v) is 7.67. The van der Waals surface area contributed by atoms with Gasteiger partial charge in [-0.15, -0.1) is 0 Å². The maximum absolute atomic E-state index is 13.2. The summed E-state index contributed by atoms with van der Waals surface area (Å²) in [7, 11) is 0. The van der Waals surface area contributed by atoms with Crippen molar-refractivity contribution in [1.29, 1.82) is 0 Å². The summed E-state index contributed by atoms with van der Waals surface area (Å²) in [5.41, 5.74) is 4.65. The molecule has 32 heavy (non-hydrogen) atoms. The van der Waals surface area contributed by atoms with Crippen LogP contribution in [0.15, 0.2) is 103 Å². The highest BCUT2D eigenvalue weighted by atomic mass is 16.7. The molecule has 0 saturated carbocycles. The predicted molar refractivity (Wildman–Crippen MR) is 121 cm³/mol. The second kappa shape index (κ2) is 7.82. The van der Waals surface area contributed by atoms with Gasteiger partial charge in [0.15, 0.2) is 0 Å². The number of carbonyl (C=O) groups is 2. The van der Waals surface area contributed by atoms with Crippen LogP contribution in [-0.2, 0) is 15.3 Å². The second-order valence-electron chi connectivity index (χ2n) is 7.67. The Bertz CT molecular complexity index is 1260. The number of rotatable bonds is 4. The predicted octanol–water partition coefficient (Wildman–Crippen LogP) is 5.89. The molecule has 0 fully saturated rings. The number of carbonyl (C=O) groups excluding carboxylic acids is 2. The van der Waals surface area contributed by atoms with E-state index in [1.165, 1.54) is 0 Å². The van der Waals surface area contributed by atoms with Gasteiger partial charge in [-0.3, -0.25) is 0 Å². The average Bonchev–Trinajstić information content (AvgIpc) is 3.11. The van der Waals surface area contributed by atoms with E-state index in [4.69, 9.17) is 9.47 Å². The van der Waals surface area contributed by atoms with Gasteiger partial charge in [-0.05, 0) is 47.9 Å². The minimum atomic E-state index is -1.70. The smallest absolute Gasteiger partial charge is 0.341 e. The molecule has 0 saturated heterocycles. The van der Waals surface area contributed by atoms with Gasteiger partial charge in [0.05, 0.1) is 16.7 Å². The molecule has 4 nitrogen and oxygen atoms in total. The molecule has 0 aliphatic heterocycles. The van der Waals surface area contributed by atoms with Crippen LogP contribution >= 0.6 is 0 Å². The van der Waals surface area contributed by atoms with E-state index in [0.29, 0.717) is 22.3 Å². The average molecular weight is 420 g/mol. The normalized spacial score (nSPS) is 13.0. The summed E-state index contributed by atoms with van der Waals surface area (Å²) in [4.78, 5) is 26.5. The van der Waals surface area contributed by atoms with Crippen molar-refractivity contribution in [3.8, 4) is 11.1 Å². The molecule has 0 spiro atoms. The number of benzene rings is 4. The van der Waals surface area contributed by atoms with E-state index in [2.05, 4.69) is 0 Å². The van der Waals surface area contributed by atoms with Crippen LogP contribution in [0.1, 0.15) is 37.4 Å². The molecule has 0 aromatic heterocycles. The zero-order valence-corrected chi connectivity index (χ0v) is 17.4. The lowest BCUT2D eigenvalue weighted by atomic mass is 9.98. The fourth-order valence-corrected chi connectivity index (χ4v) is 4.23. The molecule has 4 aromatic carbocycles. The first-order valence-corrected chi connectivity index (χ1v) is 10.4. The summed E-state index contributed by atoms with van der Waals surface area (Å²) in [5.74, 6) is -2.84. The third-order valence-corrected chi connectivity index (χ3v) is 5.67. The number of esters is 2. The standard InChI is InChI=1S/C28H20O4/c1-19-11-10-17-23-22-16-8-9-18-24(22)28(25(19)23,31-26(29)20-12-4-2-5-13-20)32-27(30)21-14-6-3-7-15-21/h2-18H,1H3. The monoisotopic (exact) mass is 420 g/mol. The van der Waals surface area contributed by atoms with Crippen LogP contribution in [0.4, 0.5) is 0 Å². The highest BCUT2D eigenvalue weighted by Gasteiger charge is 2.51. The van der Waals surface area contributed by atoms with E-state index in [9.17, 15) is 9.59 Å². The van der Waals surface area contributed by atoms with Crippen LogP contribution in [0.3, 0.4) is 0 Å². The lowest BCUT2D eigenvalue weighted by Gasteiger charge is -2.32. The Hall–Kier alpha value is -4.18. The molecule has 4 aromatic rings. The molecule has 0 heterocycles. The van der Waals surface area contributed by atoms with Crippen molar-refractivity contribution in [1.82, 2.24) is 0 Å². The summed E-state index contributed by atoms with van der Waals surface area (Å²) >= 11 is 0. The van der Waals surface area contributed by atoms with Crippen molar-refractivity contribution in [3.05, 3.63) is 131 Å². The van der Waals surface area contributed by atoms with Crippen molar-refractivity contribution in [2.75, 3.05) is 0 Å². The van der Waals surface area contributed by atoms with Gasteiger partial charge < -0.3 is 9.47 Å². The zero-order valence-electron chi connectivity index (χ0n) is 17.4. The Kier molecular flexibility index (Phi) is 4.83. The first-order valence-electron chi connectivity index (χ1n) is 10.4. The summed E-state index contributed by atoms with van der Waals surface area (Å²) in [6, 6.07) is 30.8. The van der Waals surface area contributed by atoms with Crippen LogP contribution in [-0.4, -0.2) is 11.9 Å². The van der Waals surface area contributed by atoms with Gasteiger partial charge in [0.2, 0.25) is 0 Å². The minimum Gasteiger partial charge on any atom is -0.410 e. The SMILES string of the molecule is Cc1cccc2c1C(OC(=O)c1ccccc1)(OC(=O)c1ccccc1)c1ccccc1-2. The molecule has 5 rings (SSSR count). The van der Waals surface area contributed by atoms with E-state index in [1.54, 1.807) is 48.5 Å². The van der Waals surface area contributed by atoms with Gasteiger partial charge in [-0.1, -0.05) is 78.9 Å². The van der Waals surface area contributed by atoms with Crippen molar-refractivity contribution in [2.45, 2.75) is 12.7 Å². The lowest BCUT2D eigenvalue weighted by molar-refractivity contribution is -0.144. The van der Waals surface area contributed by atoms with E-state index >= 15 is 0 Å². The fourth-order valence-electron chi connectivity index (χ4n) is 4.23. The minimum absolute atomic E-state index is 0.377. The lowest BCUT2D eigenvalue weighted by Crippen LogP contribution is -2.38. The van der Waals surface area contributed by atoms with Crippen molar-refractivity contribution in [3.63, 3.8) is 0 Å². The Morgan fingerprint density at radius 2 is 1.09 bits per heavy atom. The summed E-state index contributed by atoms with van der Waals surface area (Å²) in [6.45, 7) is 1.92. The molecule has 0 radical (unpaired) electrons. The van der Waals surface area contributed by atoms with Gasteiger partial charge >= 0.3 is 17.7 Å². The molecular formula is C28H20O4. The van der Waals surface area contributed by atoms with Gasteiger partial charge in [-0.2, -0.15) is 0 Å². The maximum atomic E-state index is 13.2. The van der Waals surface area contributed by atoms with Crippen molar-refractivity contribution >= 4 is 11.9 Å². The Balaban J connectivity index is 1.70. The van der Waals surface area contributed by atoms with Crippen LogP contribution in [0.2, 0.25) is 0 Å². The van der Waals surface area contributed by atoms with E-state index < -0.39 is 17.7 Å². The number of aryl methyl sites for hydroxylation is 1. The van der Waals surface area contributed by atoms with Gasteiger partial charge in [-0.25, -0.2) is 9.59 Å². The fraction of sp³-hybridized carbons (Fsp3) is 0.0714. The summed E-state index contributed by atoms with van der Waals surface area (Å²) < 4.78 is 12.3. The van der Waals surface area contributed by atoms with Crippen LogP contribution in [0, 0.1) is 6.92 Å². The van der Waals surface area contributed by atoms with Gasteiger partial charge in [0, 0.05) is 5.56 Å². The molecule has 1 aliphatic carbocycles. The van der Waals surface area contributed by atoms with Gasteiger partial charge in [0.25, 0.3) is 0 Å². The third kappa shape index (κ3) is 3.17. The van der Waals surface area contributed by atoms with Crippen molar-refractivity contribution in [2.24, 2.45) is 0 Å². The van der Waals surface area contributed by atoms with E-state index in [1.807, 2.05) is 61.5 Å². The van der Waals surface area contributed by atoms with Gasteiger partial charge in [0.1, 0.15) is 0 Å². The molecule has 156 valence electrons. The van der Waals surface area contributed by atoms with E-state index in [-0.39, 0.29) is 0 Å². The van der Waals surface area contributed by atoms with Crippen LogP contribution in [0.5, 0.6) is 0 Å². The van der Waals surface area contributed by atoms with Crippen LogP contribution < -0.4 is 0 Å². The number of ether oxygens (including phenoxy) is 2. The molecule has 0 unspecified atom stereocenters. The highest BCUT2D eigenvalue weighted by molar-refractivity contribution is 5.94. The van der Waals surface area contributed by atoms with Crippen LogP contribution in [0.25, 0.3) is 11.1 Å². The number of hydrogen-bond donors (Lipinski definition) is 0. The largest absolute Gasteiger partial charge is 0.410 e. The maximum Gasteiger partial charge on any atom is 0.341 e. The summed E-state index contributed by atoms with van der Waals surface area (Å²) in [6.07, 6.45) is 0. The highest BCUT2D eigenvalue weighted by Crippen LogP contribution is 2.52. The number of hydrogen-bond acceptors (Lipinski definition) is 4. The topological polar surface area (TPSA) is 52.6 Å². The zero-order chi connectivity index (χ0) is 22.1. The molecule has 4 heteroatoms. The summed E-state index contributed by atoms with van der Waals surface area (Å²) in [5, 5.41) is 0. The molecule has 0 bridgehead atoms. The van der Waals surface area contributed by atoms with Crippen molar-refractivity contribution < 1.29 is 19.1 Å². The Morgan fingerprint density at radius 3 is 1.69 bits per heavy atom. The molecule has 0 amide bonds. The molecule has 1 aliphatic rings. The third-order valence-electron chi connectivity index (χ3n) is 5.67. The van der Waals surface area contributed by atoms with E-state index in [0.717, 1.165) is 16.7 Å². The first kappa shape index (κ1) is 19.8. The quantitative estimate of drug-likeness (QED) is 0.305. The Labute approximate surface area is 186 Å². The molecular weight excluding hydrogens is 400 g/mol. The number of fused-ring (bicyclic) bond motifs is 3. The molecule has 0 N–H and O–H groups in total. The Morgan fingerprint density at radius 1 is 0.594 bits per heavy atom.